The van der Waals surface area contributed by atoms with Crippen LogP contribution in [0, 0.1) is 11.3 Å². The van der Waals surface area contributed by atoms with E-state index in [1.54, 1.807) is 42.5 Å². The van der Waals surface area contributed by atoms with Gasteiger partial charge in [0.25, 0.3) is 0 Å². The van der Waals surface area contributed by atoms with E-state index in [9.17, 15) is 4.79 Å². The molecule has 1 heterocycles. The smallest absolute Gasteiger partial charge is 0.339 e. The van der Waals surface area contributed by atoms with Crippen LogP contribution in [-0.2, 0) is 4.74 Å². The maximum Gasteiger partial charge on any atom is 0.339 e. The summed E-state index contributed by atoms with van der Waals surface area (Å²) in [6.45, 7) is 0. The van der Waals surface area contributed by atoms with E-state index in [-0.39, 0.29) is 0 Å². The molecule has 0 N–H and O–H groups in total. The number of hydrogen-bond acceptors (Lipinski definition) is 4. The van der Waals surface area contributed by atoms with Crippen molar-refractivity contribution in [2.45, 2.75) is 6.10 Å². The molecule has 4 heteroatoms. The Bertz CT molecular complexity index is 526. The zero-order chi connectivity index (χ0) is 12.1. The predicted molar refractivity (Wildman–Crippen MR) is 58.9 cm³/mol. The highest BCUT2D eigenvalue weighted by Gasteiger charge is 2.19. The molecular weight excluding hydrogens is 218 g/mol. The number of rotatable bonds is 3. The van der Waals surface area contributed by atoms with Gasteiger partial charge in [0.15, 0.2) is 5.76 Å². The van der Waals surface area contributed by atoms with Crippen LogP contribution in [0.4, 0.5) is 0 Å². The van der Waals surface area contributed by atoms with Gasteiger partial charge in [0.05, 0.1) is 11.8 Å². The average Bonchev–Trinajstić information content (AvgIpc) is 2.90. The van der Waals surface area contributed by atoms with Crippen molar-refractivity contribution in [1.29, 1.82) is 5.26 Å². The lowest BCUT2D eigenvalue weighted by atomic mass is 10.2. The van der Waals surface area contributed by atoms with Crippen molar-refractivity contribution in [2.75, 3.05) is 0 Å². The fourth-order valence-corrected chi connectivity index (χ4v) is 1.34. The number of hydrogen-bond donors (Lipinski definition) is 0. The van der Waals surface area contributed by atoms with Crippen LogP contribution in [0.25, 0.3) is 0 Å². The van der Waals surface area contributed by atoms with Crippen molar-refractivity contribution < 1.29 is 13.9 Å². The van der Waals surface area contributed by atoms with E-state index >= 15 is 0 Å². The minimum absolute atomic E-state index is 0.316. The molecule has 0 saturated heterocycles. The second-order valence-electron chi connectivity index (χ2n) is 3.30. The zero-order valence-electron chi connectivity index (χ0n) is 8.87. The summed E-state index contributed by atoms with van der Waals surface area (Å²) in [5, 5.41) is 8.91. The van der Waals surface area contributed by atoms with Crippen molar-refractivity contribution in [1.82, 2.24) is 0 Å². The van der Waals surface area contributed by atoms with Gasteiger partial charge in [-0.15, -0.1) is 0 Å². The number of carbonyl (C=O) groups excluding carboxylic acids is 1. The number of ether oxygens (including phenoxy) is 1. The van der Waals surface area contributed by atoms with Crippen molar-refractivity contribution in [3.8, 4) is 6.07 Å². The first-order chi connectivity index (χ1) is 8.31. The van der Waals surface area contributed by atoms with Crippen LogP contribution in [0.15, 0.2) is 53.1 Å². The van der Waals surface area contributed by atoms with Gasteiger partial charge in [-0.25, -0.2) is 4.79 Å². The summed E-state index contributed by atoms with van der Waals surface area (Å²) in [5.41, 5.74) is 0.402. The Labute approximate surface area is 98.0 Å². The summed E-state index contributed by atoms with van der Waals surface area (Å²) in [6, 6.07) is 13.6. The lowest BCUT2D eigenvalue weighted by Crippen LogP contribution is -2.09. The molecule has 0 saturated carbocycles. The third kappa shape index (κ3) is 2.52. The van der Waals surface area contributed by atoms with E-state index in [0.717, 1.165) is 0 Å². The standard InChI is InChI=1S/C13H9NO3/c14-9-12(11-7-4-8-16-11)17-13(15)10-5-2-1-3-6-10/h1-8,12H/t12-/m0/s1. The molecule has 0 amide bonds. The third-order valence-corrected chi connectivity index (χ3v) is 2.15. The second kappa shape index (κ2) is 4.99. The predicted octanol–water partition coefficient (Wildman–Crippen LogP) is 2.70. The number of nitrogens with zero attached hydrogens (tertiary/aromatic N) is 1. The summed E-state index contributed by atoms with van der Waals surface area (Å²) < 4.78 is 10.1. The monoisotopic (exact) mass is 227 g/mol. The Balaban J connectivity index is 2.11. The number of esters is 1. The Hall–Kier alpha value is -2.54. The van der Waals surface area contributed by atoms with Crippen LogP contribution in [0.2, 0.25) is 0 Å². The van der Waals surface area contributed by atoms with Gasteiger partial charge in [0.1, 0.15) is 6.07 Å². The van der Waals surface area contributed by atoms with Crippen LogP contribution >= 0.6 is 0 Å². The first kappa shape index (κ1) is 11.0. The largest absolute Gasteiger partial charge is 0.464 e. The molecule has 1 atom stereocenters. The van der Waals surface area contributed by atoms with Crippen LogP contribution in [-0.4, -0.2) is 5.97 Å². The van der Waals surface area contributed by atoms with Crippen LogP contribution in [0.5, 0.6) is 0 Å². The molecule has 2 aromatic rings. The van der Waals surface area contributed by atoms with Gasteiger partial charge in [-0.3, -0.25) is 0 Å². The molecule has 0 aliphatic carbocycles. The highest BCUT2D eigenvalue weighted by molar-refractivity contribution is 5.89. The molecule has 84 valence electrons. The average molecular weight is 227 g/mol. The number of carbonyl (C=O) groups is 1. The second-order valence-corrected chi connectivity index (χ2v) is 3.30. The molecule has 0 aliphatic heterocycles. The maximum atomic E-state index is 11.7. The van der Waals surface area contributed by atoms with E-state index in [4.69, 9.17) is 14.4 Å². The maximum absolute atomic E-state index is 11.7. The van der Waals surface area contributed by atoms with Gasteiger partial charge in [0, 0.05) is 0 Å². The van der Waals surface area contributed by atoms with E-state index in [2.05, 4.69) is 0 Å². The first-order valence-corrected chi connectivity index (χ1v) is 5.00. The molecule has 0 aliphatic rings. The van der Waals surface area contributed by atoms with Gasteiger partial charge < -0.3 is 9.15 Å². The van der Waals surface area contributed by atoms with Crippen LogP contribution in [0.1, 0.15) is 22.2 Å². The summed E-state index contributed by atoms with van der Waals surface area (Å²) in [7, 11) is 0. The Morgan fingerprint density at radius 2 is 2.00 bits per heavy atom. The fraction of sp³-hybridized carbons (Fsp3) is 0.0769. The molecule has 0 radical (unpaired) electrons. The quantitative estimate of drug-likeness (QED) is 0.756. The van der Waals surface area contributed by atoms with Crippen molar-refractivity contribution in [2.24, 2.45) is 0 Å². The molecule has 1 aromatic carbocycles. The topological polar surface area (TPSA) is 63.2 Å². The number of nitriles is 1. The Morgan fingerprint density at radius 3 is 2.59 bits per heavy atom. The van der Waals surface area contributed by atoms with Gasteiger partial charge in [-0.1, -0.05) is 18.2 Å². The molecule has 4 nitrogen and oxygen atoms in total. The SMILES string of the molecule is N#C[C@H](OC(=O)c1ccccc1)c1ccco1. The molecule has 0 fully saturated rings. The molecule has 0 unspecified atom stereocenters. The van der Waals surface area contributed by atoms with Gasteiger partial charge in [-0.05, 0) is 24.3 Å². The van der Waals surface area contributed by atoms with Crippen molar-refractivity contribution in [3.05, 3.63) is 60.1 Å². The molecule has 0 spiro atoms. The summed E-state index contributed by atoms with van der Waals surface area (Å²) >= 11 is 0. The third-order valence-electron chi connectivity index (χ3n) is 2.15. The summed E-state index contributed by atoms with van der Waals surface area (Å²) in [5.74, 6) is -0.231. The van der Waals surface area contributed by atoms with E-state index in [0.29, 0.717) is 11.3 Å². The normalized spacial score (nSPS) is 11.5. The van der Waals surface area contributed by atoms with Crippen LogP contribution in [0.3, 0.4) is 0 Å². The highest BCUT2D eigenvalue weighted by Crippen LogP contribution is 2.18. The minimum Gasteiger partial charge on any atom is -0.464 e. The number of benzene rings is 1. The van der Waals surface area contributed by atoms with Crippen molar-refractivity contribution in [3.63, 3.8) is 0 Å². The minimum atomic E-state index is -1.02. The van der Waals surface area contributed by atoms with Gasteiger partial charge in [-0.2, -0.15) is 5.26 Å². The number of furan rings is 1. The van der Waals surface area contributed by atoms with E-state index in [1.807, 2.05) is 6.07 Å². The molecule has 1 aromatic heterocycles. The lowest BCUT2D eigenvalue weighted by Gasteiger charge is -2.08. The molecule has 0 bridgehead atoms. The van der Waals surface area contributed by atoms with Gasteiger partial charge >= 0.3 is 5.97 Å². The summed E-state index contributed by atoms with van der Waals surface area (Å²) in [4.78, 5) is 11.7. The molecule has 2 rings (SSSR count). The van der Waals surface area contributed by atoms with Crippen LogP contribution < -0.4 is 0 Å². The highest BCUT2D eigenvalue weighted by atomic mass is 16.6. The lowest BCUT2D eigenvalue weighted by molar-refractivity contribution is 0.0367. The van der Waals surface area contributed by atoms with E-state index < -0.39 is 12.1 Å². The molecular formula is C13H9NO3. The van der Waals surface area contributed by atoms with Gasteiger partial charge in [0.2, 0.25) is 6.10 Å². The first-order valence-electron chi connectivity index (χ1n) is 5.00. The Morgan fingerprint density at radius 1 is 1.24 bits per heavy atom. The summed E-state index contributed by atoms with van der Waals surface area (Å²) in [6.07, 6.45) is 0.411. The Kier molecular flexibility index (Phi) is 3.22. The zero-order valence-corrected chi connectivity index (χ0v) is 8.87. The molecule has 17 heavy (non-hydrogen) atoms. The fourth-order valence-electron chi connectivity index (χ4n) is 1.34. The van der Waals surface area contributed by atoms with Crippen molar-refractivity contribution >= 4 is 5.97 Å². The van der Waals surface area contributed by atoms with E-state index in [1.165, 1.54) is 6.26 Å².